The van der Waals surface area contributed by atoms with Crippen molar-refractivity contribution in [2.75, 3.05) is 0 Å². The van der Waals surface area contributed by atoms with Crippen molar-refractivity contribution >= 4 is 67.6 Å². The fourth-order valence-corrected chi connectivity index (χ4v) is 12.0. The van der Waals surface area contributed by atoms with Crippen LogP contribution in [0.3, 0.4) is 0 Å². The van der Waals surface area contributed by atoms with E-state index < -0.39 is 0 Å². The number of allylic oxidation sites excluding steroid dienone is 8. The van der Waals surface area contributed by atoms with Crippen LogP contribution < -0.4 is 0 Å². The van der Waals surface area contributed by atoms with E-state index in [4.69, 9.17) is 0 Å². The van der Waals surface area contributed by atoms with Crippen molar-refractivity contribution in [1.29, 1.82) is 63.1 Å². The molecule has 0 spiro atoms. The van der Waals surface area contributed by atoms with Crippen LogP contribution in [0.25, 0.3) is 76.0 Å². The molecule has 82 heavy (non-hydrogen) atoms. The van der Waals surface area contributed by atoms with Crippen molar-refractivity contribution in [3.8, 4) is 126 Å². The summed E-state index contributed by atoms with van der Waals surface area (Å²) in [5, 5.41) is 112. The molecule has 18 heteroatoms. The number of nitriles is 12. The predicted octanol–water partition coefficient (Wildman–Crippen LogP) is 15.5. The minimum atomic E-state index is -0.239. The van der Waals surface area contributed by atoms with Gasteiger partial charge in [-0.1, -0.05) is 71.8 Å². The van der Waals surface area contributed by atoms with Gasteiger partial charge in [0.05, 0.1) is 64.6 Å². The van der Waals surface area contributed by atoms with E-state index in [1.807, 2.05) is 143 Å². The summed E-state index contributed by atoms with van der Waals surface area (Å²) in [4.78, 5) is 5.33. The Hall–Kier alpha value is -12.1. The van der Waals surface area contributed by atoms with Gasteiger partial charge in [-0.3, -0.25) is 0 Å². The Morgan fingerprint density at radius 3 is 0.683 bits per heavy atom. The van der Waals surface area contributed by atoms with Gasteiger partial charge in [0.2, 0.25) is 0 Å². The molecule has 0 unspecified atom stereocenters. The second-order valence-corrected chi connectivity index (χ2v) is 21.0. The number of rotatable bonds is 10. The number of hydrogen-bond donors (Lipinski definition) is 0. The molecule has 0 aliphatic rings. The second kappa shape index (κ2) is 27.3. The highest BCUT2D eigenvalue weighted by Gasteiger charge is 2.22. The van der Waals surface area contributed by atoms with Gasteiger partial charge in [-0.05, 0) is 111 Å². The zero-order valence-corrected chi connectivity index (χ0v) is 46.2. The molecule has 0 radical (unpaired) electrons. The molecule has 0 aliphatic carbocycles. The summed E-state index contributed by atoms with van der Waals surface area (Å²) in [5.41, 5.74) is 6.87. The van der Waals surface area contributed by atoms with Gasteiger partial charge in [-0.25, -0.2) is 0 Å². The Labute approximate surface area is 487 Å². The van der Waals surface area contributed by atoms with Gasteiger partial charge < -0.3 is 9.13 Å². The van der Waals surface area contributed by atoms with Gasteiger partial charge in [-0.2, -0.15) is 63.1 Å². The molecule has 0 fully saturated rings. The molecule has 14 nitrogen and oxygen atoms in total. The topological polar surface area (TPSA) is 295 Å². The van der Waals surface area contributed by atoms with Crippen LogP contribution in [-0.4, -0.2) is 9.13 Å². The monoisotopic (exact) mass is 1120 g/mol. The van der Waals surface area contributed by atoms with Crippen molar-refractivity contribution in [1.82, 2.24) is 9.13 Å². The van der Waals surface area contributed by atoms with Crippen molar-refractivity contribution in [2.45, 2.75) is 13.8 Å². The van der Waals surface area contributed by atoms with E-state index >= 15 is 0 Å². The van der Waals surface area contributed by atoms with Gasteiger partial charge in [0.1, 0.15) is 95.1 Å². The fraction of sp³-hybridized carbons (Fsp3) is 0.0312. The smallest absolute Gasteiger partial charge is 0.148 e. The number of thiophene rings is 4. The van der Waals surface area contributed by atoms with Crippen LogP contribution in [0.15, 0.2) is 180 Å². The first kappa shape index (κ1) is 57.6. The molecule has 0 aliphatic heterocycles. The summed E-state index contributed by atoms with van der Waals surface area (Å²) >= 11 is 5.18. The van der Waals surface area contributed by atoms with Gasteiger partial charge in [0.15, 0.2) is 0 Å². The Morgan fingerprint density at radius 2 is 0.488 bits per heavy atom. The Kier molecular flexibility index (Phi) is 19.1. The molecule has 382 valence electrons. The normalized spacial score (nSPS) is 9.44. The van der Waals surface area contributed by atoms with Gasteiger partial charge in [0.25, 0.3) is 0 Å². The highest BCUT2D eigenvalue weighted by Crippen LogP contribution is 2.43. The third-order valence-corrected chi connectivity index (χ3v) is 16.3. The van der Waals surface area contributed by atoms with Crippen LogP contribution in [0.4, 0.5) is 0 Å². The predicted molar refractivity (Wildman–Crippen MR) is 316 cm³/mol. The van der Waals surface area contributed by atoms with E-state index in [1.54, 1.807) is 72.8 Å². The summed E-state index contributed by atoms with van der Waals surface area (Å²) in [6.07, 6.45) is 0. The van der Waals surface area contributed by atoms with E-state index in [1.165, 1.54) is 56.5 Å². The molecular weight excluding hydrogens is 1090 g/mol. The van der Waals surface area contributed by atoms with E-state index in [0.717, 1.165) is 53.7 Å². The molecule has 0 N–H and O–H groups in total. The fourth-order valence-electron chi connectivity index (χ4n) is 7.91. The van der Waals surface area contributed by atoms with Gasteiger partial charge >= 0.3 is 0 Å². The Bertz CT molecular complexity index is 4020. The van der Waals surface area contributed by atoms with E-state index in [9.17, 15) is 63.1 Å². The first-order chi connectivity index (χ1) is 40.0. The third-order valence-electron chi connectivity index (χ3n) is 11.8. The minimum absolute atomic E-state index is 0.0313. The average Bonchev–Trinajstić information content (AvgIpc) is 4.05. The van der Waals surface area contributed by atoms with Gasteiger partial charge in [0, 0.05) is 30.9 Å². The summed E-state index contributed by atoms with van der Waals surface area (Å²) in [5.74, 6) is 0. The molecular formula is C64H32N14S4. The molecule has 3 aromatic carbocycles. The molecule has 6 heterocycles. The summed E-state index contributed by atoms with van der Waals surface area (Å²) in [6.45, 7) is 4.19. The molecule has 0 saturated heterocycles. The summed E-state index contributed by atoms with van der Waals surface area (Å²) in [6, 6.07) is 71.7. The number of hydrogen-bond acceptors (Lipinski definition) is 16. The molecule has 6 aromatic heterocycles. The maximum atomic E-state index is 9.55. The SMILES string of the molecule is Cc1ccc(C)cc1.N#CC(C#N)=C(C#N)c1ccc(-c2ccc(-c3ccc(C(C#N)=C(C#N)C#N)s3)n2-c2ccccc2)s1.N#CC(C#N)=C(C#N)c1ccc(-c2ccc(-c3ccc(C(C#N)=C(C#N)C#N)s3)n2-c2ccccc2)s1. The number of para-hydroxylation sites is 2. The minimum Gasteiger partial charge on any atom is -0.308 e. The maximum absolute atomic E-state index is 9.55. The lowest BCUT2D eigenvalue weighted by atomic mass is 10.1. The highest BCUT2D eigenvalue weighted by molar-refractivity contribution is 7.17. The van der Waals surface area contributed by atoms with Gasteiger partial charge in [-0.15, -0.1) is 45.3 Å². The molecule has 0 saturated carbocycles. The highest BCUT2D eigenvalue weighted by atomic mass is 32.1. The maximum Gasteiger partial charge on any atom is 0.148 e. The summed E-state index contributed by atoms with van der Waals surface area (Å²) < 4.78 is 4.06. The number of aryl methyl sites for hydroxylation is 2. The van der Waals surface area contributed by atoms with Crippen LogP contribution in [-0.2, 0) is 0 Å². The summed E-state index contributed by atoms with van der Waals surface area (Å²) in [7, 11) is 0. The quantitative estimate of drug-likeness (QED) is 0.115. The van der Waals surface area contributed by atoms with Crippen LogP contribution in [0.5, 0.6) is 0 Å². The first-order valence-electron chi connectivity index (χ1n) is 23.8. The van der Waals surface area contributed by atoms with Crippen LogP contribution in [0.1, 0.15) is 30.6 Å². The van der Waals surface area contributed by atoms with E-state index in [0.29, 0.717) is 19.5 Å². The standard InChI is InChI=1S/2C28H11N7S2.C8H10/c2*29-12-18(13-30)21(16-33)25-8-10-27(36-25)23-6-7-24(35(23)20-4-2-1-3-5-20)28-11-9-26(37-28)22(17-34)19(14-31)15-32;1-7-3-5-8(2)6-4-7/h2*1-11H;3-6H,1-2H3. The lowest BCUT2D eigenvalue weighted by Crippen LogP contribution is -1.97. The lowest BCUT2D eigenvalue weighted by molar-refractivity contribution is 1.10. The molecule has 9 rings (SSSR count). The third kappa shape index (κ3) is 12.5. The Balaban J connectivity index is 0.000000207. The average molecular weight is 1130 g/mol. The number of benzene rings is 3. The van der Waals surface area contributed by atoms with Crippen molar-refractivity contribution in [3.05, 3.63) is 211 Å². The zero-order chi connectivity index (χ0) is 58.7. The van der Waals surface area contributed by atoms with E-state index in [2.05, 4.69) is 38.1 Å². The van der Waals surface area contributed by atoms with Crippen LogP contribution in [0.2, 0.25) is 0 Å². The zero-order valence-electron chi connectivity index (χ0n) is 42.9. The first-order valence-corrected chi connectivity index (χ1v) is 27.0. The largest absolute Gasteiger partial charge is 0.308 e. The molecule has 0 bridgehead atoms. The van der Waals surface area contributed by atoms with Crippen molar-refractivity contribution in [2.24, 2.45) is 0 Å². The molecule has 9 aromatic rings. The lowest BCUT2D eigenvalue weighted by Gasteiger charge is -2.12. The van der Waals surface area contributed by atoms with Crippen molar-refractivity contribution in [3.63, 3.8) is 0 Å². The number of nitrogens with zero attached hydrogens (tertiary/aromatic N) is 14. The molecule has 0 amide bonds. The van der Waals surface area contributed by atoms with Crippen LogP contribution >= 0.6 is 45.3 Å². The van der Waals surface area contributed by atoms with Crippen molar-refractivity contribution < 1.29 is 0 Å². The second-order valence-electron chi connectivity index (χ2n) is 16.7. The van der Waals surface area contributed by atoms with E-state index in [-0.39, 0.29) is 44.6 Å². The Morgan fingerprint density at radius 1 is 0.268 bits per heavy atom. The molecule has 0 atom stereocenters. The number of aromatic nitrogens is 2. The van der Waals surface area contributed by atoms with Crippen LogP contribution in [0, 0.1) is 150 Å².